The average molecular weight is 196 g/mol. The van der Waals surface area contributed by atoms with E-state index in [9.17, 15) is 0 Å². The summed E-state index contributed by atoms with van der Waals surface area (Å²) in [6.07, 6.45) is 4.25. The van der Waals surface area contributed by atoms with Gasteiger partial charge in [0.2, 0.25) is 0 Å². The van der Waals surface area contributed by atoms with E-state index in [-0.39, 0.29) is 0 Å². The number of nitrogens with zero attached hydrogens (tertiary/aromatic N) is 1. The summed E-state index contributed by atoms with van der Waals surface area (Å²) in [5.74, 6) is 1.91. The van der Waals surface area contributed by atoms with Crippen molar-refractivity contribution in [3.05, 3.63) is 0 Å². The number of nitrogens with one attached hydrogen (secondary N) is 1. The zero-order chi connectivity index (χ0) is 10.1. The zero-order valence-corrected chi connectivity index (χ0v) is 9.79. The van der Waals surface area contributed by atoms with E-state index in [1.807, 2.05) is 0 Å². The van der Waals surface area contributed by atoms with E-state index in [2.05, 4.69) is 31.1 Å². The van der Waals surface area contributed by atoms with Crippen LogP contribution in [0.25, 0.3) is 0 Å². The minimum absolute atomic E-state index is 0.757. The Balaban J connectivity index is 1.73. The van der Waals surface area contributed by atoms with Crippen LogP contribution in [0, 0.1) is 11.8 Å². The van der Waals surface area contributed by atoms with Gasteiger partial charge in [-0.1, -0.05) is 13.8 Å². The second-order valence-corrected chi connectivity index (χ2v) is 5.40. The molecule has 1 saturated carbocycles. The molecule has 1 saturated heterocycles. The smallest absolute Gasteiger partial charge is 0.0204 e. The molecule has 1 aliphatic carbocycles. The van der Waals surface area contributed by atoms with Gasteiger partial charge in [-0.2, -0.15) is 0 Å². The van der Waals surface area contributed by atoms with Crippen molar-refractivity contribution in [3.8, 4) is 0 Å². The molecule has 2 fully saturated rings. The van der Waals surface area contributed by atoms with Gasteiger partial charge in [-0.3, -0.25) is 4.90 Å². The molecule has 1 unspecified atom stereocenters. The monoisotopic (exact) mass is 196 g/mol. The van der Waals surface area contributed by atoms with Crippen LogP contribution < -0.4 is 5.32 Å². The molecule has 2 rings (SSSR count). The van der Waals surface area contributed by atoms with Crippen LogP contribution in [0.2, 0.25) is 0 Å². The Morgan fingerprint density at radius 2 is 2.00 bits per heavy atom. The lowest BCUT2D eigenvalue weighted by Crippen LogP contribution is -2.46. The van der Waals surface area contributed by atoms with Crippen molar-refractivity contribution in [1.82, 2.24) is 10.2 Å². The van der Waals surface area contributed by atoms with Gasteiger partial charge in [0.25, 0.3) is 0 Å². The summed E-state index contributed by atoms with van der Waals surface area (Å²) in [5, 5.41) is 3.39. The molecule has 82 valence electrons. The van der Waals surface area contributed by atoms with E-state index in [0.717, 1.165) is 23.9 Å². The molecule has 0 amide bonds. The highest BCUT2D eigenvalue weighted by Crippen LogP contribution is 2.37. The van der Waals surface area contributed by atoms with Crippen molar-refractivity contribution in [2.24, 2.45) is 11.8 Å². The molecule has 0 bridgehead atoms. The second-order valence-electron chi connectivity index (χ2n) is 5.40. The standard InChI is InChI=1S/C12H24N2/c1-9(2)10-6-12(7-10)14-5-4-11(8-14)13-3/h9-13H,4-8H2,1-3H3. The Morgan fingerprint density at radius 3 is 2.50 bits per heavy atom. The third kappa shape index (κ3) is 1.96. The highest BCUT2D eigenvalue weighted by Gasteiger charge is 2.37. The van der Waals surface area contributed by atoms with Crippen LogP contribution in [0.3, 0.4) is 0 Å². The van der Waals surface area contributed by atoms with Crippen LogP contribution in [-0.2, 0) is 0 Å². The third-order valence-corrected chi connectivity index (χ3v) is 4.24. The molecular weight excluding hydrogens is 172 g/mol. The second kappa shape index (κ2) is 4.19. The first-order valence-electron chi connectivity index (χ1n) is 6.12. The van der Waals surface area contributed by atoms with Crippen LogP contribution in [-0.4, -0.2) is 37.1 Å². The first kappa shape index (κ1) is 10.4. The Labute approximate surface area is 88.1 Å². The SMILES string of the molecule is CNC1CCN(C2CC(C(C)C)C2)C1. The van der Waals surface area contributed by atoms with E-state index < -0.39 is 0 Å². The molecule has 2 nitrogen and oxygen atoms in total. The summed E-state index contributed by atoms with van der Waals surface area (Å²) in [7, 11) is 2.09. The fourth-order valence-electron chi connectivity index (χ4n) is 2.83. The highest BCUT2D eigenvalue weighted by molar-refractivity contribution is 4.93. The van der Waals surface area contributed by atoms with Gasteiger partial charge < -0.3 is 5.32 Å². The van der Waals surface area contributed by atoms with Crippen molar-refractivity contribution in [1.29, 1.82) is 0 Å². The van der Waals surface area contributed by atoms with Crippen molar-refractivity contribution >= 4 is 0 Å². The first-order chi connectivity index (χ1) is 6.70. The molecule has 1 aliphatic heterocycles. The fraction of sp³-hybridized carbons (Fsp3) is 1.00. The number of hydrogen-bond acceptors (Lipinski definition) is 2. The predicted molar refractivity (Wildman–Crippen MR) is 60.4 cm³/mol. The van der Waals surface area contributed by atoms with Gasteiger partial charge in [-0.25, -0.2) is 0 Å². The summed E-state index contributed by atoms with van der Waals surface area (Å²) in [5.41, 5.74) is 0. The number of likely N-dealkylation sites (tertiary alicyclic amines) is 1. The molecule has 2 aliphatic rings. The van der Waals surface area contributed by atoms with Gasteiger partial charge in [0.1, 0.15) is 0 Å². The summed E-state index contributed by atoms with van der Waals surface area (Å²) < 4.78 is 0. The molecule has 1 N–H and O–H groups in total. The largest absolute Gasteiger partial charge is 0.316 e. The summed E-state index contributed by atoms with van der Waals surface area (Å²) >= 11 is 0. The molecule has 1 heterocycles. The van der Waals surface area contributed by atoms with Crippen LogP contribution in [0.1, 0.15) is 33.1 Å². The highest BCUT2D eigenvalue weighted by atomic mass is 15.2. The third-order valence-electron chi connectivity index (χ3n) is 4.24. The van der Waals surface area contributed by atoms with Gasteiger partial charge in [0.05, 0.1) is 0 Å². The van der Waals surface area contributed by atoms with Gasteiger partial charge >= 0.3 is 0 Å². The molecule has 0 aromatic carbocycles. The summed E-state index contributed by atoms with van der Waals surface area (Å²) in [4.78, 5) is 2.69. The van der Waals surface area contributed by atoms with Crippen LogP contribution in [0.4, 0.5) is 0 Å². The first-order valence-corrected chi connectivity index (χ1v) is 6.12. The van der Waals surface area contributed by atoms with E-state index in [0.29, 0.717) is 0 Å². The van der Waals surface area contributed by atoms with Gasteiger partial charge in [0, 0.05) is 25.2 Å². The van der Waals surface area contributed by atoms with E-state index >= 15 is 0 Å². The lowest BCUT2D eigenvalue weighted by atomic mass is 9.73. The maximum atomic E-state index is 3.39. The molecule has 0 aromatic rings. The topological polar surface area (TPSA) is 15.3 Å². The maximum absolute atomic E-state index is 3.39. The number of likely N-dealkylation sites (N-methyl/N-ethyl adjacent to an activating group) is 1. The molecule has 0 spiro atoms. The molecule has 2 heteroatoms. The van der Waals surface area contributed by atoms with Crippen LogP contribution >= 0.6 is 0 Å². The quantitative estimate of drug-likeness (QED) is 0.739. The molecular formula is C12H24N2. The van der Waals surface area contributed by atoms with E-state index in [1.165, 1.54) is 32.4 Å². The van der Waals surface area contributed by atoms with Crippen molar-refractivity contribution in [3.63, 3.8) is 0 Å². The minimum Gasteiger partial charge on any atom is -0.316 e. The Kier molecular flexibility index (Phi) is 3.13. The molecule has 0 radical (unpaired) electrons. The molecule has 1 atom stereocenters. The fourth-order valence-corrected chi connectivity index (χ4v) is 2.83. The Bertz CT molecular complexity index is 185. The van der Waals surface area contributed by atoms with Crippen molar-refractivity contribution in [2.75, 3.05) is 20.1 Å². The lowest BCUT2D eigenvalue weighted by molar-refractivity contribution is 0.0717. The van der Waals surface area contributed by atoms with E-state index in [1.54, 1.807) is 0 Å². The summed E-state index contributed by atoms with van der Waals surface area (Å²) in [6, 6.07) is 1.67. The number of hydrogen-bond donors (Lipinski definition) is 1. The summed E-state index contributed by atoms with van der Waals surface area (Å²) in [6.45, 7) is 7.33. The zero-order valence-electron chi connectivity index (χ0n) is 9.79. The molecule has 0 aromatic heterocycles. The predicted octanol–water partition coefficient (Wildman–Crippen LogP) is 1.71. The minimum atomic E-state index is 0.757. The van der Waals surface area contributed by atoms with Crippen molar-refractivity contribution in [2.45, 2.75) is 45.2 Å². The van der Waals surface area contributed by atoms with E-state index in [4.69, 9.17) is 0 Å². The van der Waals surface area contributed by atoms with Gasteiger partial charge in [0.15, 0.2) is 0 Å². The maximum Gasteiger partial charge on any atom is 0.0204 e. The number of rotatable bonds is 3. The van der Waals surface area contributed by atoms with Gasteiger partial charge in [-0.15, -0.1) is 0 Å². The molecule has 14 heavy (non-hydrogen) atoms. The van der Waals surface area contributed by atoms with Crippen LogP contribution in [0.15, 0.2) is 0 Å². The van der Waals surface area contributed by atoms with Crippen LogP contribution in [0.5, 0.6) is 0 Å². The Hall–Kier alpha value is -0.0800. The average Bonchev–Trinajstić information content (AvgIpc) is 2.49. The normalized spacial score (nSPS) is 39.0. The Morgan fingerprint density at radius 1 is 1.29 bits per heavy atom. The van der Waals surface area contributed by atoms with Gasteiger partial charge in [-0.05, 0) is 38.1 Å². The lowest BCUT2D eigenvalue weighted by Gasteiger charge is -2.43. The van der Waals surface area contributed by atoms with Crippen molar-refractivity contribution < 1.29 is 0 Å².